The van der Waals surface area contributed by atoms with E-state index in [0.717, 1.165) is 24.0 Å². The van der Waals surface area contributed by atoms with E-state index in [4.69, 9.17) is 0 Å². The maximum atomic E-state index is 13.3. The molecule has 2 N–H and O–H groups in total. The molecule has 34 heavy (non-hydrogen) atoms. The molecule has 0 aliphatic rings. The molecule has 0 saturated carbocycles. The molecule has 2 heterocycles. The summed E-state index contributed by atoms with van der Waals surface area (Å²) < 4.78 is 29.0. The zero-order chi connectivity index (χ0) is 24.3. The Kier molecular flexibility index (Phi) is 6.80. The minimum atomic E-state index is -3.52. The molecule has 2 aromatic heterocycles. The largest absolute Gasteiger partial charge is 0.336 e. The maximum absolute atomic E-state index is 13.3. The van der Waals surface area contributed by atoms with Crippen molar-refractivity contribution >= 4 is 21.2 Å². The first-order chi connectivity index (χ1) is 16.3. The number of aromatic nitrogens is 4. The average molecular weight is 482 g/mol. The molecule has 0 bridgehead atoms. The van der Waals surface area contributed by atoms with E-state index < -0.39 is 15.6 Å². The number of aryl methyl sites for hydroxylation is 1. The Morgan fingerprint density at radius 1 is 0.971 bits per heavy atom. The second-order valence-corrected chi connectivity index (χ2v) is 9.96. The standard InChI is InChI=1S/C24H27N5O4S/c1-3-4-14-28-22-21(23(30)29(24(28)31)16-18-8-6-5-7-9-18)26-20(27-22)15-17-10-12-19(13-11-17)34(32,33)25-2/h5-13,25H,3-4,14-16H2,1-2H3,(H,26,27). The fourth-order valence-electron chi connectivity index (χ4n) is 3.82. The van der Waals surface area contributed by atoms with Gasteiger partial charge in [0.1, 0.15) is 11.3 Å². The number of nitrogens with zero attached hydrogens (tertiary/aromatic N) is 3. The lowest BCUT2D eigenvalue weighted by molar-refractivity contribution is 0.569. The molecule has 0 radical (unpaired) electrons. The average Bonchev–Trinajstić information content (AvgIpc) is 3.26. The van der Waals surface area contributed by atoms with Gasteiger partial charge in [0.25, 0.3) is 5.56 Å². The number of sulfonamides is 1. The summed E-state index contributed by atoms with van der Waals surface area (Å²) in [6.45, 7) is 2.67. The summed E-state index contributed by atoms with van der Waals surface area (Å²) >= 11 is 0. The van der Waals surface area contributed by atoms with Gasteiger partial charge in [-0.05, 0) is 36.7 Å². The smallest absolute Gasteiger partial charge is 0.333 e. The van der Waals surface area contributed by atoms with E-state index >= 15 is 0 Å². The van der Waals surface area contributed by atoms with Crippen LogP contribution in [0.25, 0.3) is 11.2 Å². The second kappa shape index (κ2) is 9.78. The fraction of sp³-hybridized carbons (Fsp3) is 0.292. The van der Waals surface area contributed by atoms with Gasteiger partial charge in [-0.2, -0.15) is 0 Å². The Morgan fingerprint density at radius 2 is 1.68 bits per heavy atom. The van der Waals surface area contributed by atoms with Gasteiger partial charge in [0.05, 0.1) is 11.4 Å². The van der Waals surface area contributed by atoms with Crippen LogP contribution in [0.1, 0.15) is 36.7 Å². The predicted octanol–water partition coefficient (Wildman–Crippen LogP) is 2.23. The Balaban J connectivity index is 1.75. The second-order valence-electron chi connectivity index (χ2n) is 8.08. The lowest BCUT2D eigenvalue weighted by Gasteiger charge is -2.11. The van der Waals surface area contributed by atoms with Crippen LogP contribution in [-0.4, -0.2) is 34.6 Å². The molecule has 0 fully saturated rings. The predicted molar refractivity (Wildman–Crippen MR) is 131 cm³/mol. The molecule has 0 aliphatic heterocycles. The van der Waals surface area contributed by atoms with Crippen molar-refractivity contribution in [2.24, 2.45) is 0 Å². The summed E-state index contributed by atoms with van der Waals surface area (Å²) in [5.41, 5.74) is 1.52. The Morgan fingerprint density at radius 3 is 2.32 bits per heavy atom. The van der Waals surface area contributed by atoms with Crippen molar-refractivity contribution < 1.29 is 8.42 Å². The minimum Gasteiger partial charge on any atom is -0.336 e. The normalized spacial score (nSPS) is 11.8. The number of benzene rings is 2. The number of unbranched alkanes of at least 4 members (excludes halogenated alkanes) is 1. The number of nitrogens with one attached hydrogen (secondary N) is 2. The molecule has 10 heteroatoms. The highest BCUT2D eigenvalue weighted by Crippen LogP contribution is 2.15. The van der Waals surface area contributed by atoms with Crippen LogP contribution < -0.4 is 16.0 Å². The van der Waals surface area contributed by atoms with Gasteiger partial charge in [-0.1, -0.05) is 55.8 Å². The van der Waals surface area contributed by atoms with Gasteiger partial charge in [0.15, 0.2) is 5.65 Å². The van der Waals surface area contributed by atoms with E-state index in [1.807, 2.05) is 37.3 Å². The number of aromatic amines is 1. The molecular weight excluding hydrogens is 454 g/mol. The fourth-order valence-corrected chi connectivity index (χ4v) is 4.55. The number of fused-ring (bicyclic) bond motifs is 1. The van der Waals surface area contributed by atoms with Gasteiger partial charge < -0.3 is 4.98 Å². The van der Waals surface area contributed by atoms with Crippen LogP contribution in [0.3, 0.4) is 0 Å². The highest BCUT2D eigenvalue weighted by molar-refractivity contribution is 7.89. The molecule has 9 nitrogen and oxygen atoms in total. The molecule has 0 amide bonds. The third-order valence-corrected chi connectivity index (χ3v) is 7.13. The first-order valence-corrected chi connectivity index (χ1v) is 12.6. The van der Waals surface area contributed by atoms with Gasteiger partial charge in [-0.3, -0.25) is 13.9 Å². The highest BCUT2D eigenvalue weighted by atomic mass is 32.2. The first kappa shape index (κ1) is 23.7. The molecule has 4 rings (SSSR count). The van der Waals surface area contributed by atoms with Crippen molar-refractivity contribution in [3.05, 3.63) is 92.4 Å². The maximum Gasteiger partial charge on any atom is 0.333 e. The van der Waals surface area contributed by atoms with Crippen molar-refractivity contribution in [2.45, 2.75) is 44.2 Å². The summed E-state index contributed by atoms with van der Waals surface area (Å²) in [5, 5.41) is 0. The summed E-state index contributed by atoms with van der Waals surface area (Å²) in [6, 6.07) is 15.8. The first-order valence-electron chi connectivity index (χ1n) is 11.1. The number of hydrogen-bond donors (Lipinski definition) is 2. The molecule has 0 atom stereocenters. The number of imidazole rings is 1. The van der Waals surface area contributed by atoms with Crippen molar-refractivity contribution in [3.63, 3.8) is 0 Å². The minimum absolute atomic E-state index is 0.167. The third kappa shape index (κ3) is 4.73. The molecule has 0 unspecified atom stereocenters. The monoisotopic (exact) mass is 481 g/mol. The van der Waals surface area contributed by atoms with Gasteiger partial charge in [0.2, 0.25) is 10.0 Å². The number of H-pyrrole nitrogens is 1. The third-order valence-electron chi connectivity index (χ3n) is 5.70. The summed E-state index contributed by atoms with van der Waals surface area (Å²) in [7, 11) is -2.16. The quantitative estimate of drug-likeness (QED) is 0.380. The van der Waals surface area contributed by atoms with E-state index in [1.165, 1.54) is 23.7 Å². The number of rotatable bonds is 9. The van der Waals surface area contributed by atoms with Crippen LogP contribution in [0, 0.1) is 0 Å². The van der Waals surface area contributed by atoms with Gasteiger partial charge >= 0.3 is 5.69 Å². The summed E-state index contributed by atoms with van der Waals surface area (Å²) in [5.74, 6) is 0.526. The summed E-state index contributed by atoms with van der Waals surface area (Å²) in [6.07, 6.45) is 2.03. The Bertz CT molecular complexity index is 1520. The SMILES string of the molecule is CCCCn1c(=O)n(Cc2ccccc2)c(=O)c2[nH]c(Cc3ccc(S(=O)(=O)NC)cc3)nc21. The molecule has 2 aromatic carbocycles. The van der Waals surface area contributed by atoms with Crippen molar-refractivity contribution in [1.82, 2.24) is 23.8 Å². The van der Waals surface area contributed by atoms with E-state index in [2.05, 4.69) is 14.7 Å². The zero-order valence-electron chi connectivity index (χ0n) is 19.1. The van der Waals surface area contributed by atoms with Gasteiger partial charge in [-0.25, -0.2) is 22.9 Å². The topological polar surface area (TPSA) is 119 Å². The van der Waals surface area contributed by atoms with Crippen LogP contribution in [0.15, 0.2) is 69.1 Å². The molecule has 4 aromatic rings. The van der Waals surface area contributed by atoms with E-state index in [1.54, 1.807) is 16.7 Å². The lowest BCUT2D eigenvalue weighted by Crippen LogP contribution is -2.40. The van der Waals surface area contributed by atoms with Gasteiger partial charge in [0, 0.05) is 13.0 Å². The van der Waals surface area contributed by atoms with Crippen LogP contribution in [0.2, 0.25) is 0 Å². The molecule has 0 aliphatic carbocycles. The van der Waals surface area contributed by atoms with Crippen LogP contribution in [0.5, 0.6) is 0 Å². The lowest BCUT2D eigenvalue weighted by atomic mass is 10.1. The van der Waals surface area contributed by atoms with Crippen LogP contribution in [-0.2, 0) is 29.5 Å². The molecular formula is C24H27N5O4S. The van der Waals surface area contributed by atoms with Crippen molar-refractivity contribution in [3.8, 4) is 0 Å². The van der Waals surface area contributed by atoms with Crippen LogP contribution in [0.4, 0.5) is 0 Å². The number of hydrogen-bond acceptors (Lipinski definition) is 5. The zero-order valence-corrected chi connectivity index (χ0v) is 19.9. The van der Waals surface area contributed by atoms with Crippen molar-refractivity contribution in [2.75, 3.05) is 7.05 Å². The van der Waals surface area contributed by atoms with Crippen LogP contribution >= 0.6 is 0 Å². The summed E-state index contributed by atoms with van der Waals surface area (Å²) in [4.78, 5) is 34.3. The molecule has 0 saturated heterocycles. The Hall–Kier alpha value is -3.50. The molecule has 178 valence electrons. The molecule has 0 spiro atoms. The Labute approximate surface area is 197 Å². The highest BCUT2D eigenvalue weighted by Gasteiger charge is 2.18. The van der Waals surface area contributed by atoms with E-state index in [9.17, 15) is 18.0 Å². The van der Waals surface area contributed by atoms with E-state index in [-0.39, 0.29) is 22.6 Å². The van der Waals surface area contributed by atoms with Gasteiger partial charge in [-0.15, -0.1) is 0 Å². The van der Waals surface area contributed by atoms with Crippen molar-refractivity contribution in [1.29, 1.82) is 0 Å². The van der Waals surface area contributed by atoms with E-state index in [0.29, 0.717) is 24.4 Å².